The van der Waals surface area contributed by atoms with Crippen molar-refractivity contribution in [2.45, 2.75) is 21.6 Å². The predicted octanol–water partition coefficient (Wildman–Crippen LogP) is 3.23. The molecule has 0 fully saturated rings. The number of carbonyl (C=O) groups is 1. The van der Waals surface area contributed by atoms with Gasteiger partial charge in [-0.15, -0.1) is 10.2 Å². The lowest BCUT2D eigenvalue weighted by molar-refractivity contribution is -0.119. The zero-order valence-corrected chi connectivity index (χ0v) is 13.6. The van der Waals surface area contributed by atoms with Crippen molar-refractivity contribution >= 4 is 40.8 Å². The van der Waals surface area contributed by atoms with Gasteiger partial charge < -0.3 is 5.32 Å². The maximum absolute atomic E-state index is 11.9. The summed E-state index contributed by atoms with van der Waals surface area (Å²) in [6, 6.07) is 9.93. The van der Waals surface area contributed by atoms with Crippen molar-refractivity contribution in [1.29, 1.82) is 0 Å². The van der Waals surface area contributed by atoms with E-state index in [1.54, 1.807) is 11.8 Å². The van der Waals surface area contributed by atoms with Crippen LogP contribution in [-0.2, 0) is 4.79 Å². The van der Waals surface area contributed by atoms with Gasteiger partial charge in [0.2, 0.25) is 5.91 Å². The lowest BCUT2D eigenvalue weighted by Crippen LogP contribution is -2.28. The second kappa shape index (κ2) is 7.66. The standard InChI is InChI=1S/C13H15N3OS3/c1-9(10-6-4-3-5-7-10)14-11(17)8-19-13-16-15-12(18-2)20-13/h3-7,9H,8H2,1-2H3,(H,14,17)/t9-/m0/s1. The molecule has 1 amide bonds. The van der Waals surface area contributed by atoms with E-state index in [0.717, 1.165) is 14.2 Å². The predicted molar refractivity (Wildman–Crippen MR) is 85.4 cm³/mol. The van der Waals surface area contributed by atoms with E-state index in [-0.39, 0.29) is 11.9 Å². The van der Waals surface area contributed by atoms with E-state index in [1.807, 2.05) is 43.5 Å². The van der Waals surface area contributed by atoms with Crippen LogP contribution in [0.15, 0.2) is 39.0 Å². The first-order valence-electron chi connectivity index (χ1n) is 6.03. The molecule has 0 spiro atoms. The highest BCUT2D eigenvalue weighted by Crippen LogP contribution is 2.27. The molecule has 4 nitrogen and oxygen atoms in total. The Hall–Kier alpha value is -1.05. The molecule has 0 bridgehead atoms. The van der Waals surface area contributed by atoms with Gasteiger partial charge in [0.1, 0.15) is 0 Å². The Labute approximate surface area is 130 Å². The van der Waals surface area contributed by atoms with Gasteiger partial charge in [-0.05, 0) is 18.7 Å². The third kappa shape index (κ3) is 4.50. The lowest BCUT2D eigenvalue weighted by Gasteiger charge is -2.13. The number of nitrogens with one attached hydrogen (secondary N) is 1. The first kappa shape index (κ1) is 15.3. The van der Waals surface area contributed by atoms with Gasteiger partial charge in [0, 0.05) is 0 Å². The Bertz CT molecular complexity index is 559. The van der Waals surface area contributed by atoms with Crippen molar-refractivity contribution in [3.8, 4) is 0 Å². The number of nitrogens with zero attached hydrogens (tertiary/aromatic N) is 2. The molecule has 0 aliphatic carbocycles. The minimum atomic E-state index is 0.00672. The molecule has 1 heterocycles. The fraction of sp³-hybridized carbons (Fsp3) is 0.308. The molecule has 0 unspecified atom stereocenters. The number of thioether (sulfide) groups is 2. The number of hydrogen-bond donors (Lipinski definition) is 1. The van der Waals surface area contributed by atoms with Crippen molar-refractivity contribution in [1.82, 2.24) is 15.5 Å². The number of carbonyl (C=O) groups excluding carboxylic acids is 1. The smallest absolute Gasteiger partial charge is 0.230 e. The number of rotatable bonds is 6. The van der Waals surface area contributed by atoms with Crippen LogP contribution in [0.25, 0.3) is 0 Å². The van der Waals surface area contributed by atoms with Gasteiger partial charge in [-0.3, -0.25) is 4.79 Å². The molecule has 20 heavy (non-hydrogen) atoms. The quantitative estimate of drug-likeness (QED) is 0.826. The monoisotopic (exact) mass is 325 g/mol. The number of hydrogen-bond acceptors (Lipinski definition) is 6. The lowest BCUT2D eigenvalue weighted by atomic mass is 10.1. The van der Waals surface area contributed by atoms with Crippen molar-refractivity contribution in [3.05, 3.63) is 35.9 Å². The Kier molecular flexibility index (Phi) is 5.87. The van der Waals surface area contributed by atoms with Crippen molar-refractivity contribution < 1.29 is 4.79 Å². The topological polar surface area (TPSA) is 54.9 Å². The molecule has 1 N–H and O–H groups in total. The minimum Gasteiger partial charge on any atom is -0.349 e. The molecule has 7 heteroatoms. The summed E-state index contributed by atoms with van der Waals surface area (Å²) in [7, 11) is 0. The van der Waals surface area contributed by atoms with Gasteiger partial charge in [0.25, 0.3) is 0 Å². The minimum absolute atomic E-state index is 0.00672. The number of amides is 1. The van der Waals surface area contributed by atoms with Gasteiger partial charge in [-0.1, -0.05) is 65.2 Å². The average molecular weight is 325 g/mol. The fourth-order valence-corrected chi connectivity index (χ4v) is 3.82. The molecule has 2 aromatic rings. The molecular formula is C13H15N3OS3. The molecule has 1 aromatic heterocycles. The first-order valence-corrected chi connectivity index (χ1v) is 9.06. The van der Waals surface area contributed by atoms with Crippen LogP contribution < -0.4 is 5.32 Å². The molecular weight excluding hydrogens is 310 g/mol. The SMILES string of the molecule is CSc1nnc(SCC(=O)N[C@@H](C)c2ccccc2)s1. The molecule has 0 radical (unpaired) electrons. The van der Waals surface area contributed by atoms with Crippen LogP contribution in [0.5, 0.6) is 0 Å². The van der Waals surface area contributed by atoms with E-state index in [1.165, 1.54) is 23.1 Å². The summed E-state index contributed by atoms with van der Waals surface area (Å²) in [5.74, 6) is 0.368. The third-order valence-corrected chi connectivity index (χ3v) is 5.60. The van der Waals surface area contributed by atoms with Gasteiger partial charge >= 0.3 is 0 Å². The molecule has 2 rings (SSSR count). The molecule has 0 saturated carbocycles. The van der Waals surface area contributed by atoms with E-state index in [2.05, 4.69) is 15.5 Å². The summed E-state index contributed by atoms with van der Waals surface area (Å²) in [5.41, 5.74) is 1.10. The maximum atomic E-state index is 11.9. The summed E-state index contributed by atoms with van der Waals surface area (Å²) in [6.45, 7) is 1.98. The third-order valence-electron chi connectivity index (χ3n) is 2.57. The summed E-state index contributed by atoms with van der Waals surface area (Å²) in [4.78, 5) is 11.9. The summed E-state index contributed by atoms with van der Waals surface area (Å²) < 4.78 is 1.75. The Balaban J connectivity index is 1.80. The van der Waals surface area contributed by atoms with Crippen LogP contribution in [0.3, 0.4) is 0 Å². The fourth-order valence-electron chi connectivity index (χ4n) is 1.57. The van der Waals surface area contributed by atoms with Crippen LogP contribution in [0, 0.1) is 0 Å². The summed E-state index contributed by atoms with van der Waals surface area (Å²) in [6.07, 6.45) is 1.96. The highest BCUT2D eigenvalue weighted by molar-refractivity contribution is 8.03. The highest BCUT2D eigenvalue weighted by Gasteiger charge is 2.11. The summed E-state index contributed by atoms with van der Waals surface area (Å²) in [5, 5.41) is 11.0. The van der Waals surface area contributed by atoms with Crippen LogP contribution in [-0.4, -0.2) is 28.1 Å². The van der Waals surface area contributed by atoms with Crippen LogP contribution >= 0.6 is 34.9 Å². The Morgan fingerprint density at radius 2 is 2.00 bits per heavy atom. The largest absolute Gasteiger partial charge is 0.349 e. The van der Waals surface area contributed by atoms with Crippen LogP contribution in [0.1, 0.15) is 18.5 Å². The summed E-state index contributed by atoms with van der Waals surface area (Å²) >= 11 is 4.50. The molecule has 0 aliphatic rings. The second-order valence-corrected chi connectivity index (χ2v) is 7.28. The van der Waals surface area contributed by atoms with Gasteiger partial charge in [0.05, 0.1) is 11.8 Å². The van der Waals surface area contributed by atoms with E-state index in [4.69, 9.17) is 0 Å². The van der Waals surface area contributed by atoms with Crippen molar-refractivity contribution in [2.24, 2.45) is 0 Å². The Morgan fingerprint density at radius 1 is 1.30 bits per heavy atom. The normalized spacial score (nSPS) is 12.1. The van der Waals surface area contributed by atoms with E-state index < -0.39 is 0 Å². The van der Waals surface area contributed by atoms with Gasteiger partial charge in [-0.2, -0.15) is 0 Å². The van der Waals surface area contributed by atoms with Crippen LogP contribution in [0.4, 0.5) is 0 Å². The van der Waals surface area contributed by atoms with E-state index in [0.29, 0.717) is 5.75 Å². The zero-order valence-electron chi connectivity index (χ0n) is 11.2. The molecule has 0 aliphatic heterocycles. The number of benzene rings is 1. The molecule has 0 saturated heterocycles. The Morgan fingerprint density at radius 3 is 2.65 bits per heavy atom. The zero-order chi connectivity index (χ0) is 14.4. The molecule has 106 valence electrons. The number of aromatic nitrogens is 2. The molecule has 1 atom stereocenters. The average Bonchev–Trinajstić information content (AvgIpc) is 2.94. The van der Waals surface area contributed by atoms with Crippen molar-refractivity contribution in [3.63, 3.8) is 0 Å². The first-order chi connectivity index (χ1) is 9.69. The maximum Gasteiger partial charge on any atom is 0.230 e. The van der Waals surface area contributed by atoms with Crippen LogP contribution in [0.2, 0.25) is 0 Å². The van der Waals surface area contributed by atoms with E-state index >= 15 is 0 Å². The molecule has 1 aromatic carbocycles. The van der Waals surface area contributed by atoms with Crippen molar-refractivity contribution in [2.75, 3.05) is 12.0 Å². The van der Waals surface area contributed by atoms with E-state index in [9.17, 15) is 4.79 Å². The van der Waals surface area contributed by atoms with Gasteiger partial charge in [-0.25, -0.2) is 0 Å². The van der Waals surface area contributed by atoms with Gasteiger partial charge in [0.15, 0.2) is 8.68 Å². The second-order valence-electron chi connectivity index (χ2n) is 4.03. The highest BCUT2D eigenvalue weighted by atomic mass is 32.2.